The van der Waals surface area contributed by atoms with Crippen LogP contribution in [0.2, 0.25) is 0 Å². The van der Waals surface area contributed by atoms with Crippen LogP contribution in [0, 0.1) is 0 Å². The van der Waals surface area contributed by atoms with Crippen molar-refractivity contribution in [1.82, 2.24) is 4.98 Å². The van der Waals surface area contributed by atoms with Crippen LogP contribution in [0.1, 0.15) is 19.0 Å². The van der Waals surface area contributed by atoms with Crippen LogP contribution < -0.4 is 0 Å². The van der Waals surface area contributed by atoms with Gasteiger partial charge < -0.3 is 0 Å². The second-order valence-electron chi connectivity index (χ2n) is 3.58. The SMILES string of the molecule is CCCc1ccc2cccc(SC)c2n1. The average Bonchev–Trinajstić information content (AvgIpc) is 2.28. The molecule has 0 radical (unpaired) electrons. The fourth-order valence-corrected chi connectivity index (χ4v) is 2.29. The third-order valence-electron chi connectivity index (χ3n) is 2.47. The van der Waals surface area contributed by atoms with Gasteiger partial charge in [0.1, 0.15) is 0 Å². The summed E-state index contributed by atoms with van der Waals surface area (Å²) in [5, 5.41) is 1.24. The van der Waals surface area contributed by atoms with E-state index < -0.39 is 0 Å². The second kappa shape index (κ2) is 4.67. The van der Waals surface area contributed by atoms with Crippen molar-refractivity contribution >= 4 is 22.7 Å². The molecule has 1 aromatic carbocycles. The average molecular weight is 217 g/mol. The van der Waals surface area contributed by atoms with Crippen molar-refractivity contribution in [2.24, 2.45) is 0 Å². The zero-order valence-electron chi connectivity index (χ0n) is 9.16. The van der Waals surface area contributed by atoms with Crippen LogP contribution >= 0.6 is 11.8 Å². The van der Waals surface area contributed by atoms with Gasteiger partial charge in [0.2, 0.25) is 0 Å². The summed E-state index contributed by atoms with van der Waals surface area (Å²) in [6, 6.07) is 10.7. The summed E-state index contributed by atoms with van der Waals surface area (Å²) < 4.78 is 0. The number of aromatic nitrogens is 1. The van der Waals surface area contributed by atoms with E-state index in [-0.39, 0.29) is 0 Å². The number of benzene rings is 1. The number of para-hydroxylation sites is 1. The van der Waals surface area contributed by atoms with Crippen LogP contribution in [0.15, 0.2) is 35.2 Å². The van der Waals surface area contributed by atoms with Crippen LogP contribution in [0.3, 0.4) is 0 Å². The minimum atomic E-state index is 1.07. The smallest absolute Gasteiger partial charge is 0.0840 e. The van der Waals surface area contributed by atoms with Crippen molar-refractivity contribution in [2.45, 2.75) is 24.7 Å². The highest BCUT2D eigenvalue weighted by Gasteiger charge is 2.02. The Balaban J connectivity index is 2.57. The summed E-state index contributed by atoms with van der Waals surface area (Å²) in [5.74, 6) is 0. The lowest BCUT2D eigenvalue weighted by atomic mass is 10.1. The summed E-state index contributed by atoms with van der Waals surface area (Å²) in [7, 11) is 0. The largest absolute Gasteiger partial charge is 0.252 e. The lowest BCUT2D eigenvalue weighted by Gasteiger charge is -2.05. The topological polar surface area (TPSA) is 12.9 Å². The van der Waals surface area contributed by atoms with Gasteiger partial charge in [-0.05, 0) is 24.8 Å². The molecule has 0 saturated carbocycles. The Bertz CT molecular complexity index is 465. The molecule has 15 heavy (non-hydrogen) atoms. The van der Waals surface area contributed by atoms with Gasteiger partial charge in [0.05, 0.1) is 5.52 Å². The maximum atomic E-state index is 4.71. The normalized spacial score (nSPS) is 10.8. The van der Waals surface area contributed by atoms with E-state index in [1.807, 2.05) is 0 Å². The molecule has 0 saturated heterocycles. The van der Waals surface area contributed by atoms with Crippen LogP contribution in [-0.2, 0) is 6.42 Å². The fraction of sp³-hybridized carbons (Fsp3) is 0.308. The number of thioether (sulfide) groups is 1. The molecule has 1 heterocycles. The summed E-state index contributed by atoms with van der Waals surface area (Å²) in [4.78, 5) is 5.98. The first kappa shape index (κ1) is 10.5. The first-order valence-corrected chi connectivity index (χ1v) is 6.50. The van der Waals surface area contributed by atoms with E-state index in [0.717, 1.165) is 18.4 Å². The highest BCUT2D eigenvalue weighted by atomic mass is 32.2. The Morgan fingerprint density at radius 2 is 2.07 bits per heavy atom. The quantitative estimate of drug-likeness (QED) is 0.723. The van der Waals surface area contributed by atoms with E-state index in [0.29, 0.717) is 0 Å². The standard InChI is InChI=1S/C13H15NS/c1-3-5-11-9-8-10-6-4-7-12(15-2)13(10)14-11/h4,6-9H,3,5H2,1-2H3. The Morgan fingerprint density at radius 3 is 2.80 bits per heavy atom. The Labute approximate surface area is 94.9 Å². The van der Waals surface area contributed by atoms with Gasteiger partial charge in [-0.2, -0.15) is 0 Å². The molecule has 2 aromatic rings. The molecule has 0 unspecified atom stereocenters. The molecule has 0 aliphatic carbocycles. The molecule has 0 spiro atoms. The second-order valence-corrected chi connectivity index (χ2v) is 4.43. The molecule has 0 aliphatic rings. The number of fused-ring (bicyclic) bond motifs is 1. The van der Waals surface area contributed by atoms with Gasteiger partial charge in [0.15, 0.2) is 0 Å². The van der Waals surface area contributed by atoms with Crippen molar-refractivity contribution in [2.75, 3.05) is 6.26 Å². The monoisotopic (exact) mass is 217 g/mol. The maximum absolute atomic E-state index is 4.71. The number of rotatable bonds is 3. The molecular weight excluding hydrogens is 202 g/mol. The van der Waals surface area contributed by atoms with Gasteiger partial charge in [-0.25, -0.2) is 0 Å². The van der Waals surface area contributed by atoms with E-state index in [2.05, 4.69) is 43.5 Å². The molecule has 2 rings (SSSR count). The number of aryl methyl sites for hydroxylation is 1. The lowest BCUT2D eigenvalue weighted by molar-refractivity contribution is 0.888. The van der Waals surface area contributed by atoms with E-state index in [1.54, 1.807) is 11.8 Å². The predicted molar refractivity (Wildman–Crippen MR) is 67.5 cm³/mol. The van der Waals surface area contributed by atoms with E-state index >= 15 is 0 Å². The summed E-state index contributed by atoms with van der Waals surface area (Å²) in [6.45, 7) is 2.19. The van der Waals surface area contributed by atoms with Crippen LogP contribution in [0.25, 0.3) is 10.9 Å². The first-order valence-electron chi connectivity index (χ1n) is 5.27. The highest BCUT2D eigenvalue weighted by molar-refractivity contribution is 7.98. The van der Waals surface area contributed by atoms with E-state index in [1.165, 1.54) is 16.0 Å². The lowest BCUT2D eigenvalue weighted by Crippen LogP contribution is -1.90. The van der Waals surface area contributed by atoms with Gasteiger partial charge in [-0.1, -0.05) is 31.5 Å². The number of hydrogen-bond acceptors (Lipinski definition) is 2. The van der Waals surface area contributed by atoms with Crippen LogP contribution in [0.5, 0.6) is 0 Å². The zero-order valence-corrected chi connectivity index (χ0v) is 9.97. The molecule has 1 aromatic heterocycles. The summed E-state index contributed by atoms with van der Waals surface area (Å²) in [5.41, 5.74) is 2.35. The Morgan fingerprint density at radius 1 is 1.20 bits per heavy atom. The Kier molecular flexibility index (Phi) is 3.27. The van der Waals surface area contributed by atoms with Gasteiger partial charge in [-0.15, -0.1) is 11.8 Å². The van der Waals surface area contributed by atoms with Crippen LogP contribution in [0.4, 0.5) is 0 Å². The minimum absolute atomic E-state index is 1.07. The van der Waals surface area contributed by atoms with Crippen molar-refractivity contribution in [3.05, 3.63) is 36.0 Å². The van der Waals surface area contributed by atoms with Gasteiger partial charge in [0.25, 0.3) is 0 Å². The fourth-order valence-electron chi connectivity index (χ4n) is 1.72. The summed E-state index contributed by atoms with van der Waals surface area (Å²) in [6.07, 6.45) is 4.32. The third kappa shape index (κ3) is 2.15. The Hall–Kier alpha value is -1.02. The van der Waals surface area contributed by atoms with E-state index in [9.17, 15) is 0 Å². The number of nitrogens with zero attached hydrogens (tertiary/aromatic N) is 1. The van der Waals surface area contributed by atoms with Crippen molar-refractivity contribution in [3.63, 3.8) is 0 Å². The first-order chi connectivity index (χ1) is 7.35. The summed E-state index contributed by atoms with van der Waals surface area (Å²) >= 11 is 1.76. The van der Waals surface area contributed by atoms with Gasteiger partial charge in [0, 0.05) is 16.0 Å². The van der Waals surface area contributed by atoms with Crippen molar-refractivity contribution in [1.29, 1.82) is 0 Å². The number of hydrogen-bond donors (Lipinski definition) is 0. The molecular formula is C13H15NS. The van der Waals surface area contributed by atoms with Gasteiger partial charge in [-0.3, -0.25) is 4.98 Å². The van der Waals surface area contributed by atoms with Crippen molar-refractivity contribution in [3.8, 4) is 0 Å². The molecule has 0 fully saturated rings. The van der Waals surface area contributed by atoms with E-state index in [4.69, 9.17) is 4.98 Å². The van der Waals surface area contributed by atoms with Crippen molar-refractivity contribution < 1.29 is 0 Å². The molecule has 2 heteroatoms. The van der Waals surface area contributed by atoms with Crippen LogP contribution in [-0.4, -0.2) is 11.2 Å². The molecule has 0 atom stereocenters. The maximum Gasteiger partial charge on any atom is 0.0840 e. The molecule has 0 amide bonds. The molecule has 0 N–H and O–H groups in total. The molecule has 0 aliphatic heterocycles. The van der Waals surface area contributed by atoms with Gasteiger partial charge >= 0.3 is 0 Å². The number of pyridine rings is 1. The highest BCUT2D eigenvalue weighted by Crippen LogP contribution is 2.24. The zero-order chi connectivity index (χ0) is 10.7. The third-order valence-corrected chi connectivity index (χ3v) is 3.24. The molecule has 0 bridgehead atoms. The minimum Gasteiger partial charge on any atom is -0.252 e. The predicted octanol–water partition coefficient (Wildman–Crippen LogP) is 3.91. The molecule has 1 nitrogen and oxygen atoms in total. The molecule has 78 valence electrons.